The lowest BCUT2D eigenvalue weighted by atomic mass is 9.88. The van der Waals surface area contributed by atoms with E-state index in [1.54, 1.807) is 18.2 Å². The molecule has 0 saturated carbocycles. The van der Waals surface area contributed by atoms with Crippen LogP contribution >= 0.6 is 11.6 Å². The molecule has 0 aliphatic rings. The summed E-state index contributed by atoms with van der Waals surface area (Å²) in [6, 6.07) is 5.08. The number of carbonyl (C=O) groups is 1. The minimum Gasteiger partial charge on any atom is -0.495 e. The van der Waals surface area contributed by atoms with Crippen molar-refractivity contribution in [2.45, 2.75) is 19.8 Å². The van der Waals surface area contributed by atoms with Crippen molar-refractivity contribution in [3.05, 3.63) is 28.8 Å². The Hall–Kier alpha value is -1.22. The van der Waals surface area contributed by atoms with Gasteiger partial charge in [0.1, 0.15) is 5.75 Å². The van der Waals surface area contributed by atoms with Crippen LogP contribution in [0.3, 0.4) is 0 Å². The fourth-order valence-electron chi connectivity index (χ4n) is 1.69. The van der Waals surface area contributed by atoms with E-state index in [-0.39, 0.29) is 5.92 Å². The van der Waals surface area contributed by atoms with Crippen molar-refractivity contribution < 1.29 is 14.6 Å². The standard InChI is InChI=1S/C12H15ClO3/c1-7(2)11(12(14)15)8-4-5-10(16-3)9(13)6-8/h4-7,11H,1-3H3,(H,14,15). The lowest BCUT2D eigenvalue weighted by Gasteiger charge is -2.17. The minimum atomic E-state index is -0.837. The van der Waals surface area contributed by atoms with E-state index >= 15 is 0 Å². The number of benzene rings is 1. The summed E-state index contributed by atoms with van der Waals surface area (Å²) in [5.41, 5.74) is 0.702. The second kappa shape index (κ2) is 5.21. The van der Waals surface area contributed by atoms with Gasteiger partial charge in [-0.2, -0.15) is 0 Å². The molecule has 0 heterocycles. The van der Waals surface area contributed by atoms with Gasteiger partial charge < -0.3 is 9.84 Å². The molecule has 4 heteroatoms. The molecular weight excluding hydrogens is 228 g/mol. The predicted molar refractivity (Wildman–Crippen MR) is 63.2 cm³/mol. The van der Waals surface area contributed by atoms with E-state index in [4.69, 9.17) is 21.4 Å². The summed E-state index contributed by atoms with van der Waals surface area (Å²) in [6.45, 7) is 3.74. The molecule has 1 aromatic carbocycles. The molecule has 0 fully saturated rings. The highest BCUT2D eigenvalue weighted by Crippen LogP contribution is 2.31. The number of hydrogen-bond donors (Lipinski definition) is 1. The van der Waals surface area contributed by atoms with E-state index in [1.165, 1.54) is 7.11 Å². The van der Waals surface area contributed by atoms with Crippen molar-refractivity contribution in [1.29, 1.82) is 0 Å². The molecule has 1 rings (SSSR count). The largest absolute Gasteiger partial charge is 0.495 e. The summed E-state index contributed by atoms with van der Waals surface area (Å²) in [7, 11) is 1.53. The summed E-state index contributed by atoms with van der Waals surface area (Å²) >= 11 is 5.97. The molecule has 0 spiro atoms. The third kappa shape index (κ3) is 2.67. The molecule has 1 atom stereocenters. The van der Waals surface area contributed by atoms with Crippen LogP contribution in [0, 0.1) is 5.92 Å². The second-order valence-corrected chi connectivity index (χ2v) is 4.36. The number of hydrogen-bond acceptors (Lipinski definition) is 2. The van der Waals surface area contributed by atoms with Crippen LogP contribution in [0.25, 0.3) is 0 Å². The van der Waals surface area contributed by atoms with Crippen LogP contribution in [0.4, 0.5) is 0 Å². The van der Waals surface area contributed by atoms with E-state index in [2.05, 4.69) is 0 Å². The zero-order valence-corrected chi connectivity index (χ0v) is 10.3. The molecule has 0 bridgehead atoms. The summed E-state index contributed by atoms with van der Waals surface area (Å²) in [5, 5.41) is 9.58. The molecule has 0 aromatic heterocycles. The molecule has 0 aliphatic heterocycles. The zero-order chi connectivity index (χ0) is 12.3. The van der Waals surface area contributed by atoms with Gasteiger partial charge in [-0.15, -0.1) is 0 Å². The average molecular weight is 243 g/mol. The molecule has 1 aromatic rings. The Kier molecular flexibility index (Phi) is 4.19. The summed E-state index contributed by atoms with van der Waals surface area (Å²) in [5.74, 6) is -0.806. The van der Waals surface area contributed by atoms with Crippen LogP contribution in [-0.4, -0.2) is 18.2 Å². The van der Waals surface area contributed by atoms with E-state index in [0.29, 0.717) is 16.3 Å². The van der Waals surface area contributed by atoms with Crippen molar-refractivity contribution in [3.8, 4) is 5.75 Å². The minimum absolute atomic E-state index is 0.0157. The molecule has 16 heavy (non-hydrogen) atoms. The summed E-state index contributed by atoms with van der Waals surface area (Å²) < 4.78 is 5.02. The molecule has 1 unspecified atom stereocenters. The van der Waals surface area contributed by atoms with Gasteiger partial charge in [-0.1, -0.05) is 31.5 Å². The van der Waals surface area contributed by atoms with Crippen molar-refractivity contribution in [1.82, 2.24) is 0 Å². The first-order valence-corrected chi connectivity index (χ1v) is 5.41. The zero-order valence-electron chi connectivity index (χ0n) is 9.53. The lowest BCUT2D eigenvalue weighted by Crippen LogP contribution is -2.17. The van der Waals surface area contributed by atoms with Gasteiger partial charge >= 0.3 is 5.97 Å². The summed E-state index contributed by atoms with van der Waals surface area (Å²) in [6.07, 6.45) is 0. The molecule has 0 saturated heterocycles. The number of ether oxygens (including phenoxy) is 1. The Morgan fingerprint density at radius 1 is 1.44 bits per heavy atom. The van der Waals surface area contributed by atoms with Gasteiger partial charge in [0.15, 0.2) is 0 Å². The SMILES string of the molecule is COc1ccc(C(C(=O)O)C(C)C)cc1Cl. The number of carboxylic acids is 1. The number of rotatable bonds is 4. The first-order chi connectivity index (χ1) is 7.47. The van der Waals surface area contributed by atoms with E-state index < -0.39 is 11.9 Å². The van der Waals surface area contributed by atoms with Crippen LogP contribution in [0.1, 0.15) is 25.3 Å². The van der Waals surface area contributed by atoms with Crippen molar-refractivity contribution >= 4 is 17.6 Å². The van der Waals surface area contributed by atoms with E-state index in [9.17, 15) is 4.79 Å². The van der Waals surface area contributed by atoms with Crippen LogP contribution in [0.15, 0.2) is 18.2 Å². The monoisotopic (exact) mass is 242 g/mol. The third-order valence-electron chi connectivity index (χ3n) is 2.47. The topological polar surface area (TPSA) is 46.5 Å². The predicted octanol–water partition coefficient (Wildman–Crippen LogP) is 3.17. The smallest absolute Gasteiger partial charge is 0.311 e. The Labute approximate surface area is 100.0 Å². The highest BCUT2D eigenvalue weighted by molar-refractivity contribution is 6.32. The maximum Gasteiger partial charge on any atom is 0.311 e. The first-order valence-electron chi connectivity index (χ1n) is 5.03. The highest BCUT2D eigenvalue weighted by atomic mass is 35.5. The van der Waals surface area contributed by atoms with Crippen molar-refractivity contribution in [2.75, 3.05) is 7.11 Å². The number of halogens is 1. The van der Waals surface area contributed by atoms with Gasteiger partial charge in [-0.3, -0.25) is 4.79 Å². The van der Waals surface area contributed by atoms with Crippen LogP contribution in [-0.2, 0) is 4.79 Å². The third-order valence-corrected chi connectivity index (χ3v) is 2.76. The second-order valence-electron chi connectivity index (χ2n) is 3.95. The van der Waals surface area contributed by atoms with Crippen molar-refractivity contribution in [2.24, 2.45) is 5.92 Å². The molecule has 3 nitrogen and oxygen atoms in total. The maximum atomic E-state index is 11.1. The van der Waals surface area contributed by atoms with E-state index in [0.717, 1.165) is 0 Å². The molecule has 88 valence electrons. The quantitative estimate of drug-likeness (QED) is 0.882. The van der Waals surface area contributed by atoms with Crippen LogP contribution in [0.2, 0.25) is 5.02 Å². The Bertz CT molecular complexity index is 388. The van der Waals surface area contributed by atoms with Crippen molar-refractivity contribution in [3.63, 3.8) is 0 Å². The van der Waals surface area contributed by atoms with Gasteiger partial charge in [0.25, 0.3) is 0 Å². The van der Waals surface area contributed by atoms with Crippen LogP contribution < -0.4 is 4.74 Å². The lowest BCUT2D eigenvalue weighted by molar-refractivity contribution is -0.139. The normalized spacial score (nSPS) is 12.6. The Balaban J connectivity index is 3.12. The van der Waals surface area contributed by atoms with E-state index in [1.807, 2.05) is 13.8 Å². The molecule has 0 aliphatic carbocycles. The highest BCUT2D eigenvalue weighted by Gasteiger charge is 2.24. The fraction of sp³-hybridized carbons (Fsp3) is 0.417. The molecular formula is C12H15ClO3. The molecule has 1 N–H and O–H groups in total. The maximum absolute atomic E-state index is 11.1. The fourth-order valence-corrected chi connectivity index (χ4v) is 1.95. The van der Waals surface area contributed by atoms with Gasteiger partial charge in [0.2, 0.25) is 0 Å². The number of methoxy groups -OCH3 is 1. The molecule has 0 amide bonds. The summed E-state index contributed by atoms with van der Waals surface area (Å²) in [4.78, 5) is 11.1. The van der Waals surface area contributed by atoms with Gasteiger partial charge in [0, 0.05) is 0 Å². The molecule has 0 radical (unpaired) electrons. The van der Waals surface area contributed by atoms with Gasteiger partial charge in [-0.05, 0) is 23.6 Å². The van der Waals surface area contributed by atoms with Crippen LogP contribution in [0.5, 0.6) is 5.75 Å². The Morgan fingerprint density at radius 3 is 2.44 bits per heavy atom. The average Bonchev–Trinajstić information content (AvgIpc) is 2.16. The number of aliphatic carboxylic acids is 1. The van der Waals surface area contributed by atoms with Gasteiger partial charge in [-0.25, -0.2) is 0 Å². The number of carboxylic acid groups (broad SMARTS) is 1. The Morgan fingerprint density at radius 2 is 2.06 bits per heavy atom. The first kappa shape index (κ1) is 12.8. The van der Waals surface area contributed by atoms with Gasteiger partial charge in [0.05, 0.1) is 18.1 Å².